The fourth-order valence-corrected chi connectivity index (χ4v) is 4.49. The second-order valence-corrected chi connectivity index (χ2v) is 8.20. The molecule has 0 atom stereocenters. The predicted octanol–water partition coefficient (Wildman–Crippen LogP) is 4.99. The molecular weight excluding hydrogens is 374 g/mol. The molecule has 0 unspecified atom stereocenters. The van der Waals surface area contributed by atoms with E-state index in [4.69, 9.17) is 9.72 Å². The highest BCUT2D eigenvalue weighted by Gasteiger charge is 2.16. The van der Waals surface area contributed by atoms with Crippen LogP contribution in [0.15, 0.2) is 48.5 Å². The molecule has 30 heavy (non-hydrogen) atoms. The molecule has 2 aromatic carbocycles. The highest BCUT2D eigenvalue weighted by Crippen LogP contribution is 2.28. The molecule has 0 bridgehead atoms. The first-order valence-corrected chi connectivity index (χ1v) is 11.1. The molecule has 1 aromatic heterocycles. The number of nitrogens with zero attached hydrogens (tertiary/aromatic N) is 2. The number of rotatable bonds is 8. The summed E-state index contributed by atoms with van der Waals surface area (Å²) >= 11 is 0. The van der Waals surface area contributed by atoms with E-state index in [1.54, 1.807) is 31.4 Å². The molecule has 1 aliphatic rings. The number of aromatic nitrogens is 2. The minimum atomic E-state index is -0.0671. The topological polar surface area (TPSA) is 56.1 Å². The van der Waals surface area contributed by atoms with Gasteiger partial charge in [-0.25, -0.2) is 4.98 Å². The van der Waals surface area contributed by atoms with Gasteiger partial charge >= 0.3 is 0 Å². The number of methoxy groups -OCH3 is 1. The van der Waals surface area contributed by atoms with Gasteiger partial charge in [-0.2, -0.15) is 0 Å². The van der Waals surface area contributed by atoms with E-state index in [9.17, 15) is 4.79 Å². The Hall–Kier alpha value is -2.82. The maximum atomic E-state index is 12.4. The lowest BCUT2D eigenvalue weighted by molar-refractivity contribution is 0.0954. The molecule has 0 radical (unpaired) electrons. The van der Waals surface area contributed by atoms with Gasteiger partial charge in [-0.05, 0) is 48.7 Å². The Kier molecular flexibility index (Phi) is 6.67. The average Bonchev–Trinajstić information content (AvgIpc) is 3.15. The van der Waals surface area contributed by atoms with E-state index in [2.05, 4.69) is 28.1 Å². The Balaban J connectivity index is 1.40. The van der Waals surface area contributed by atoms with E-state index in [-0.39, 0.29) is 5.91 Å². The summed E-state index contributed by atoms with van der Waals surface area (Å²) in [7, 11) is 1.62. The zero-order valence-corrected chi connectivity index (χ0v) is 17.8. The van der Waals surface area contributed by atoms with Gasteiger partial charge in [0, 0.05) is 25.1 Å². The maximum Gasteiger partial charge on any atom is 0.251 e. The van der Waals surface area contributed by atoms with Crippen LogP contribution in [0, 0.1) is 5.92 Å². The summed E-state index contributed by atoms with van der Waals surface area (Å²) in [4.78, 5) is 17.3. The second-order valence-electron chi connectivity index (χ2n) is 8.20. The lowest BCUT2D eigenvalue weighted by Gasteiger charge is -2.22. The Morgan fingerprint density at radius 3 is 2.63 bits per heavy atom. The van der Waals surface area contributed by atoms with Gasteiger partial charge in [-0.3, -0.25) is 4.79 Å². The lowest BCUT2D eigenvalue weighted by atomic mass is 9.87. The quantitative estimate of drug-likeness (QED) is 0.574. The predicted molar refractivity (Wildman–Crippen MR) is 120 cm³/mol. The summed E-state index contributed by atoms with van der Waals surface area (Å²) in [5.74, 6) is 2.57. The van der Waals surface area contributed by atoms with Crippen molar-refractivity contribution in [1.82, 2.24) is 14.9 Å². The van der Waals surface area contributed by atoms with Gasteiger partial charge in [-0.1, -0.05) is 44.2 Å². The molecule has 158 valence electrons. The van der Waals surface area contributed by atoms with Crippen LogP contribution < -0.4 is 10.1 Å². The fourth-order valence-electron chi connectivity index (χ4n) is 4.49. The molecule has 0 aliphatic heterocycles. The summed E-state index contributed by atoms with van der Waals surface area (Å²) in [5, 5.41) is 3.03. The number of benzene rings is 2. The number of ether oxygens (including phenoxy) is 1. The Morgan fingerprint density at radius 2 is 1.87 bits per heavy atom. The highest BCUT2D eigenvalue weighted by atomic mass is 16.5. The summed E-state index contributed by atoms with van der Waals surface area (Å²) < 4.78 is 7.52. The number of imidazole rings is 1. The van der Waals surface area contributed by atoms with E-state index >= 15 is 0 Å². The van der Waals surface area contributed by atoms with Crippen LogP contribution in [-0.2, 0) is 13.0 Å². The number of amides is 1. The van der Waals surface area contributed by atoms with Crippen molar-refractivity contribution in [3.63, 3.8) is 0 Å². The van der Waals surface area contributed by atoms with Crippen LogP contribution in [0.3, 0.4) is 0 Å². The lowest BCUT2D eigenvalue weighted by Crippen LogP contribution is -2.26. The number of hydrogen-bond acceptors (Lipinski definition) is 3. The van der Waals surface area contributed by atoms with Gasteiger partial charge in [0.2, 0.25) is 0 Å². The molecular formula is C25H31N3O2. The second kappa shape index (κ2) is 9.79. The van der Waals surface area contributed by atoms with Crippen molar-refractivity contribution in [2.75, 3.05) is 13.7 Å². The van der Waals surface area contributed by atoms with E-state index in [1.807, 2.05) is 6.07 Å². The van der Waals surface area contributed by atoms with Crippen LogP contribution in [-0.4, -0.2) is 29.1 Å². The van der Waals surface area contributed by atoms with Crippen LogP contribution in [0.2, 0.25) is 0 Å². The number of nitrogens with one attached hydrogen (secondary N) is 1. The average molecular weight is 406 g/mol. The van der Waals surface area contributed by atoms with Crippen molar-refractivity contribution in [3.05, 3.63) is 59.9 Å². The van der Waals surface area contributed by atoms with Crippen molar-refractivity contribution >= 4 is 16.9 Å². The molecule has 5 nitrogen and oxygen atoms in total. The van der Waals surface area contributed by atoms with Gasteiger partial charge < -0.3 is 14.6 Å². The van der Waals surface area contributed by atoms with Gasteiger partial charge in [0.15, 0.2) is 0 Å². The van der Waals surface area contributed by atoms with Crippen LogP contribution in [0.5, 0.6) is 5.75 Å². The number of para-hydroxylation sites is 2. The molecule has 1 heterocycles. The Labute approximate surface area is 178 Å². The largest absolute Gasteiger partial charge is 0.497 e. The van der Waals surface area contributed by atoms with Gasteiger partial charge in [0.25, 0.3) is 5.91 Å². The molecule has 0 saturated heterocycles. The van der Waals surface area contributed by atoms with Crippen molar-refractivity contribution in [2.45, 2.75) is 51.5 Å². The monoisotopic (exact) mass is 405 g/mol. The summed E-state index contributed by atoms with van der Waals surface area (Å²) in [6.07, 6.45) is 8.80. The number of carbonyl (C=O) groups is 1. The molecule has 1 saturated carbocycles. The summed E-state index contributed by atoms with van der Waals surface area (Å²) in [6, 6.07) is 15.5. The van der Waals surface area contributed by atoms with Crippen LogP contribution in [0.1, 0.15) is 54.7 Å². The molecule has 1 aliphatic carbocycles. The van der Waals surface area contributed by atoms with E-state index in [0.29, 0.717) is 12.1 Å². The normalized spacial score (nSPS) is 14.7. The fraction of sp³-hybridized carbons (Fsp3) is 0.440. The summed E-state index contributed by atoms with van der Waals surface area (Å²) in [5.41, 5.74) is 2.88. The van der Waals surface area contributed by atoms with Crippen molar-refractivity contribution in [3.8, 4) is 5.75 Å². The SMILES string of the molecule is COc1ccc(C(=O)NCCc2nc3ccccc3n2CCC2CCCCC2)cc1. The number of aryl methyl sites for hydroxylation is 1. The summed E-state index contributed by atoms with van der Waals surface area (Å²) in [6.45, 7) is 1.57. The third-order valence-corrected chi connectivity index (χ3v) is 6.21. The third kappa shape index (κ3) is 4.84. The van der Waals surface area contributed by atoms with Crippen molar-refractivity contribution < 1.29 is 9.53 Å². The van der Waals surface area contributed by atoms with Gasteiger partial charge in [0.05, 0.1) is 18.1 Å². The first-order valence-electron chi connectivity index (χ1n) is 11.1. The first-order chi connectivity index (χ1) is 14.7. The number of carbonyl (C=O) groups excluding carboxylic acids is 1. The molecule has 1 fully saturated rings. The molecule has 5 heteroatoms. The van der Waals surface area contributed by atoms with Crippen LogP contribution in [0.4, 0.5) is 0 Å². The van der Waals surface area contributed by atoms with Crippen molar-refractivity contribution in [2.24, 2.45) is 5.92 Å². The molecule has 4 rings (SSSR count). The zero-order chi connectivity index (χ0) is 20.8. The minimum Gasteiger partial charge on any atom is -0.497 e. The Bertz CT molecular complexity index is 972. The first kappa shape index (κ1) is 20.5. The van der Waals surface area contributed by atoms with Gasteiger partial charge in [0.1, 0.15) is 11.6 Å². The molecule has 1 amide bonds. The van der Waals surface area contributed by atoms with E-state index in [1.165, 1.54) is 44.0 Å². The minimum absolute atomic E-state index is 0.0671. The Morgan fingerprint density at radius 1 is 1.10 bits per heavy atom. The number of fused-ring (bicyclic) bond motifs is 1. The van der Waals surface area contributed by atoms with E-state index in [0.717, 1.165) is 36.0 Å². The molecule has 3 aromatic rings. The smallest absolute Gasteiger partial charge is 0.251 e. The third-order valence-electron chi connectivity index (χ3n) is 6.21. The van der Waals surface area contributed by atoms with E-state index < -0.39 is 0 Å². The standard InChI is InChI=1S/C25H31N3O2/c1-30-21-13-11-20(12-14-21)25(29)26-17-15-24-27-22-9-5-6-10-23(22)28(24)18-16-19-7-3-2-4-8-19/h5-6,9-14,19H,2-4,7-8,15-18H2,1H3,(H,26,29). The van der Waals surface area contributed by atoms with Crippen LogP contribution >= 0.6 is 0 Å². The van der Waals surface area contributed by atoms with Crippen molar-refractivity contribution in [1.29, 1.82) is 0 Å². The number of hydrogen-bond donors (Lipinski definition) is 1. The van der Waals surface area contributed by atoms with Gasteiger partial charge in [-0.15, -0.1) is 0 Å². The molecule has 1 N–H and O–H groups in total. The maximum absolute atomic E-state index is 12.4. The zero-order valence-electron chi connectivity index (χ0n) is 17.8. The highest BCUT2D eigenvalue weighted by molar-refractivity contribution is 5.94. The van der Waals surface area contributed by atoms with Crippen LogP contribution in [0.25, 0.3) is 11.0 Å². The molecule has 0 spiro atoms.